The second-order valence-electron chi connectivity index (χ2n) is 9.53. The number of hydrogen-bond donors (Lipinski definition) is 0. The summed E-state index contributed by atoms with van der Waals surface area (Å²) < 4.78 is 20.8. The molecule has 0 fully saturated rings. The van der Waals surface area contributed by atoms with Crippen LogP contribution in [0.5, 0.6) is 11.5 Å². The van der Waals surface area contributed by atoms with E-state index in [1.807, 2.05) is 67.6 Å². The molecule has 0 saturated heterocycles. The van der Waals surface area contributed by atoms with Crippen molar-refractivity contribution in [3.05, 3.63) is 122 Å². The monoisotopic (exact) mass is 744 g/mol. The fourth-order valence-electron chi connectivity index (χ4n) is 4.74. The molecule has 0 radical (unpaired) electrons. The Morgan fingerprint density at radius 2 is 1.77 bits per heavy atom. The summed E-state index contributed by atoms with van der Waals surface area (Å²) in [6.07, 6.45) is 1.79. The Morgan fingerprint density at radius 1 is 1.05 bits per heavy atom. The van der Waals surface area contributed by atoms with Crippen molar-refractivity contribution in [3.8, 4) is 11.5 Å². The summed E-state index contributed by atoms with van der Waals surface area (Å²) >= 11 is 14.5. The number of ether oxygens (including phenoxy) is 3. The molecule has 0 unspecified atom stereocenters. The molecule has 0 saturated carbocycles. The van der Waals surface area contributed by atoms with Gasteiger partial charge in [-0.05, 0) is 90.3 Å². The number of allylic oxidation sites excluding steroid dienone is 1. The van der Waals surface area contributed by atoms with Crippen molar-refractivity contribution < 1.29 is 19.0 Å². The average molecular weight is 747 g/mol. The molecule has 0 amide bonds. The SMILES string of the molecule is CCOC(=O)C1=C(C)N=c2s/c(=C\c3cc(Br)cc(Br)c3OCc3ccc(Cl)cc3)c(=O)n2[C@H]1c1ccc(OCC)cc1. The molecule has 0 aliphatic carbocycles. The zero-order valence-corrected chi connectivity index (χ0v) is 28.3. The normalized spacial score (nSPS) is 14.7. The molecule has 1 aromatic heterocycles. The van der Waals surface area contributed by atoms with Gasteiger partial charge in [-0.2, -0.15) is 0 Å². The van der Waals surface area contributed by atoms with Crippen LogP contribution in [0, 0.1) is 0 Å². The van der Waals surface area contributed by atoms with Crippen LogP contribution in [0.15, 0.2) is 90.7 Å². The number of halogens is 3. The van der Waals surface area contributed by atoms with Crippen LogP contribution in [0.2, 0.25) is 5.02 Å². The summed E-state index contributed by atoms with van der Waals surface area (Å²) in [6.45, 7) is 6.45. The largest absolute Gasteiger partial charge is 0.494 e. The molecule has 3 aromatic carbocycles. The van der Waals surface area contributed by atoms with E-state index >= 15 is 0 Å². The first-order chi connectivity index (χ1) is 20.7. The number of hydrogen-bond acceptors (Lipinski definition) is 7. The van der Waals surface area contributed by atoms with Gasteiger partial charge in [0, 0.05) is 15.1 Å². The van der Waals surface area contributed by atoms with E-state index in [2.05, 4.69) is 36.9 Å². The average Bonchev–Trinajstić information content (AvgIpc) is 3.27. The van der Waals surface area contributed by atoms with Crippen LogP contribution >= 0.6 is 54.8 Å². The van der Waals surface area contributed by atoms with Crippen molar-refractivity contribution in [2.75, 3.05) is 13.2 Å². The van der Waals surface area contributed by atoms with E-state index in [4.69, 9.17) is 25.8 Å². The molecule has 11 heteroatoms. The van der Waals surface area contributed by atoms with E-state index in [0.29, 0.717) is 55.9 Å². The highest BCUT2D eigenvalue weighted by Gasteiger charge is 2.33. The van der Waals surface area contributed by atoms with Crippen molar-refractivity contribution in [2.45, 2.75) is 33.4 Å². The van der Waals surface area contributed by atoms with E-state index in [1.165, 1.54) is 11.3 Å². The summed E-state index contributed by atoms with van der Waals surface area (Å²) in [5, 5.41) is 0.648. The number of esters is 1. The van der Waals surface area contributed by atoms with Gasteiger partial charge >= 0.3 is 5.97 Å². The second kappa shape index (κ2) is 13.6. The van der Waals surface area contributed by atoms with E-state index in [0.717, 1.165) is 20.1 Å². The molecular weight excluding hydrogens is 720 g/mol. The molecular formula is C32H27Br2ClN2O5S. The first-order valence-electron chi connectivity index (χ1n) is 13.5. The van der Waals surface area contributed by atoms with Crippen LogP contribution in [0.3, 0.4) is 0 Å². The summed E-state index contributed by atoms with van der Waals surface area (Å²) in [4.78, 5) is 32.4. The Morgan fingerprint density at radius 3 is 2.44 bits per heavy atom. The lowest BCUT2D eigenvalue weighted by Gasteiger charge is -2.24. The Kier molecular flexibility index (Phi) is 9.91. The number of carbonyl (C=O) groups excluding carboxylic acids is 1. The minimum absolute atomic E-state index is 0.201. The number of benzene rings is 3. The molecule has 5 rings (SSSR count). The molecule has 1 aliphatic rings. The molecule has 1 atom stereocenters. The van der Waals surface area contributed by atoms with Gasteiger partial charge in [0.25, 0.3) is 5.56 Å². The Hall–Kier alpha value is -3.18. The quantitative estimate of drug-likeness (QED) is 0.173. The van der Waals surface area contributed by atoms with Gasteiger partial charge in [0.2, 0.25) is 0 Å². The summed E-state index contributed by atoms with van der Waals surface area (Å²) in [5.41, 5.74) is 2.92. The zero-order chi connectivity index (χ0) is 30.7. The first-order valence-corrected chi connectivity index (χ1v) is 16.3. The molecule has 2 heterocycles. The number of thiazole rings is 1. The highest BCUT2D eigenvalue weighted by Crippen LogP contribution is 2.35. The maximum atomic E-state index is 14.1. The molecule has 0 spiro atoms. The fraction of sp³-hybridized carbons (Fsp3) is 0.219. The minimum Gasteiger partial charge on any atom is -0.494 e. The summed E-state index contributed by atoms with van der Waals surface area (Å²) in [6, 6.07) is 17.9. The second-order valence-corrected chi connectivity index (χ2v) is 12.7. The Balaban J connectivity index is 1.63. The van der Waals surface area contributed by atoms with E-state index in [9.17, 15) is 9.59 Å². The summed E-state index contributed by atoms with van der Waals surface area (Å²) in [7, 11) is 0. The highest BCUT2D eigenvalue weighted by atomic mass is 79.9. The predicted molar refractivity (Wildman–Crippen MR) is 176 cm³/mol. The zero-order valence-electron chi connectivity index (χ0n) is 23.5. The van der Waals surface area contributed by atoms with Crippen molar-refractivity contribution >= 4 is 66.8 Å². The third-order valence-electron chi connectivity index (χ3n) is 6.64. The number of carbonyl (C=O) groups is 1. The van der Waals surface area contributed by atoms with E-state index in [-0.39, 0.29) is 12.2 Å². The van der Waals surface area contributed by atoms with Crippen molar-refractivity contribution in [1.29, 1.82) is 0 Å². The molecule has 4 aromatic rings. The highest BCUT2D eigenvalue weighted by molar-refractivity contribution is 9.11. The van der Waals surface area contributed by atoms with Gasteiger partial charge in [-0.25, -0.2) is 9.79 Å². The molecule has 1 aliphatic heterocycles. The van der Waals surface area contributed by atoms with Crippen LogP contribution < -0.4 is 24.4 Å². The first kappa shape index (κ1) is 31.3. The molecule has 0 bridgehead atoms. The van der Waals surface area contributed by atoms with Gasteiger partial charge in [0.1, 0.15) is 18.1 Å². The van der Waals surface area contributed by atoms with Crippen molar-refractivity contribution in [3.63, 3.8) is 0 Å². The number of rotatable bonds is 9. The van der Waals surface area contributed by atoms with Gasteiger partial charge in [-0.3, -0.25) is 9.36 Å². The van der Waals surface area contributed by atoms with Crippen molar-refractivity contribution in [1.82, 2.24) is 4.57 Å². The molecule has 43 heavy (non-hydrogen) atoms. The minimum atomic E-state index is -0.719. The number of aromatic nitrogens is 1. The predicted octanol–water partition coefficient (Wildman–Crippen LogP) is 6.95. The van der Waals surface area contributed by atoms with Gasteiger partial charge in [-0.1, -0.05) is 63.1 Å². The van der Waals surface area contributed by atoms with Crippen LogP contribution in [0.4, 0.5) is 0 Å². The van der Waals surface area contributed by atoms with Crippen LogP contribution in [-0.2, 0) is 16.1 Å². The molecule has 0 N–H and O–H groups in total. The van der Waals surface area contributed by atoms with E-state index in [1.54, 1.807) is 24.5 Å². The van der Waals surface area contributed by atoms with Gasteiger partial charge in [0.15, 0.2) is 4.80 Å². The van der Waals surface area contributed by atoms with Gasteiger partial charge in [-0.15, -0.1) is 0 Å². The number of nitrogens with zero attached hydrogens (tertiary/aromatic N) is 2. The summed E-state index contributed by atoms with van der Waals surface area (Å²) in [5.74, 6) is 0.768. The van der Waals surface area contributed by atoms with Gasteiger partial charge in [0.05, 0.1) is 39.5 Å². The smallest absolute Gasteiger partial charge is 0.338 e. The van der Waals surface area contributed by atoms with E-state index < -0.39 is 12.0 Å². The lowest BCUT2D eigenvalue weighted by atomic mass is 9.96. The lowest BCUT2D eigenvalue weighted by Crippen LogP contribution is -2.39. The van der Waals surface area contributed by atoms with Gasteiger partial charge < -0.3 is 14.2 Å². The standard InChI is InChI=1S/C32H27Br2ClN2O5S/c1-4-40-24-12-8-20(9-13-24)28-27(31(39)41-5-2)18(3)36-32-37(28)30(38)26(43-32)15-21-14-22(33)16-25(34)29(21)42-17-19-6-10-23(35)11-7-19/h6-16,28H,4-5,17H2,1-3H3/b26-15-/t28-/m0/s1. The molecule has 7 nitrogen and oxygen atoms in total. The number of fused-ring (bicyclic) bond motifs is 1. The maximum Gasteiger partial charge on any atom is 0.338 e. The lowest BCUT2D eigenvalue weighted by molar-refractivity contribution is -0.139. The van der Waals surface area contributed by atoms with Crippen LogP contribution in [0.25, 0.3) is 6.08 Å². The third kappa shape index (κ3) is 6.82. The van der Waals surface area contributed by atoms with Crippen LogP contribution in [-0.4, -0.2) is 23.8 Å². The van der Waals surface area contributed by atoms with Crippen molar-refractivity contribution in [2.24, 2.45) is 4.99 Å². The topological polar surface area (TPSA) is 79.1 Å². The fourth-order valence-corrected chi connectivity index (χ4v) is 7.27. The Bertz CT molecular complexity index is 1880. The molecule has 222 valence electrons. The Labute approximate surface area is 274 Å². The third-order valence-corrected chi connectivity index (χ3v) is 8.93. The van der Waals surface area contributed by atoms with Crippen LogP contribution in [0.1, 0.15) is 43.5 Å². The maximum absolute atomic E-state index is 14.1.